The standard InChI is InChI=1S/C12H19N5O/c1-12(2,3)11-15-9(16-17-11)10(18)14-8-6-4-13-5-7(6)8/h6-8,13H,4-5H2,1-3H3,(H,14,18)(H,15,16,17). The van der Waals surface area contributed by atoms with Crippen LogP contribution in [-0.4, -0.2) is 40.2 Å². The molecule has 1 saturated carbocycles. The van der Waals surface area contributed by atoms with E-state index < -0.39 is 0 Å². The van der Waals surface area contributed by atoms with Crippen molar-refractivity contribution in [3.8, 4) is 0 Å². The summed E-state index contributed by atoms with van der Waals surface area (Å²) in [6, 6.07) is 0.315. The highest BCUT2D eigenvalue weighted by Gasteiger charge is 2.53. The van der Waals surface area contributed by atoms with Gasteiger partial charge in [0.15, 0.2) is 0 Å². The smallest absolute Gasteiger partial charge is 0.291 e. The average molecular weight is 249 g/mol. The Balaban J connectivity index is 1.64. The van der Waals surface area contributed by atoms with E-state index in [1.165, 1.54) is 0 Å². The lowest BCUT2D eigenvalue weighted by atomic mass is 9.96. The lowest BCUT2D eigenvalue weighted by Crippen LogP contribution is -2.33. The average Bonchev–Trinajstić information content (AvgIpc) is 2.82. The summed E-state index contributed by atoms with van der Waals surface area (Å²) >= 11 is 0. The Labute approximate surface area is 106 Å². The van der Waals surface area contributed by atoms with E-state index in [-0.39, 0.29) is 17.1 Å². The third kappa shape index (κ3) is 1.90. The number of amides is 1. The predicted molar refractivity (Wildman–Crippen MR) is 66.2 cm³/mol. The SMILES string of the molecule is CC(C)(C)c1nc(C(=O)NC2C3CNCC32)n[nH]1. The van der Waals surface area contributed by atoms with E-state index in [2.05, 4.69) is 25.8 Å². The van der Waals surface area contributed by atoms with Gasteiger partial charge in [-0.05, 0) is 11.8 Å². The number of piperidine rings is 1. The van der Waals surface area contributed by atoms with Crippen LogP contribution in [0.15, 0.2) is 0 Å². The number of nitrogens with zero attached hydrogens (tertiary/aromatic N) is 2. The number of fused-ring (bicyclic) bond motifs is 1. The van der Waals surface area contributed by atoms with Crippen molar-refractivity contribution in [1.29, 1.82) is 0 Å². The molecule has 6 heteroatoms. The first-order valence-electron chi connectivity index (χ1n) is 6.41. The van der Waals surface area contributed by atoms with Crippen LogP contribution in [0.5, 0.6) is 0 Å². The van der Waals surface area contributed by atoms with Crippen LogP contribution in [0, 0.1) is 11.8 Å². The van der Waals surface area contributed by atoms with Crippen molar-refractivity contribution in [1.82, 2.24) is 25.8 Å². The Hall–Kier alpha value is -1.43. The molecule has 2 fully saturated rings. The molecule has 1 aliphatic carbocycles. The highest BCUT2D eigenvalue weighted by molar-refractivity contribution is 5.90. The molecule has 1 aromatic heterocycles. The maximum atomic E-state index is 12.0. The monoisotopic (exact) mass is 249 g/mol. The van der Waals surface area contributed by atoms with Gasteiger partial charge in [0.1, 0.15) is 5.82 Å². The largest absolute Gasteiger partial charge is 0.346 e. The van der Waals surface area contributed by atoms with Crippen molar-refractivity contribution in [3.63, 3.8) is 0 Å². The van der Waals surface area contributed by atoms with Gasteiger partial charge in [0.2, 0.25) is 5.82 Å². The minimum Gasteiger partial charge on any atom is -0.346 e. The summed E-state index contributed by atoms with van der Waals surface area (Å²) in [5.74, 6) is 2.04. The molecule has 0 bridgehead atoms. The van der Waals surface area contributed by atoms with Crippen molar-refractivity contribution in [2.75, 3.05) is 13.1 Å². The number of aromatic nitrogens is 3. The Morgan fingerprint density at radius 2 is 2.00 bits per heavy atom. The molecule has 2 unspecified atom stereocenters. The third-order valence-corrected chi connectivity index (χ3v) is 3.79. The first-order valence-corrected chi connectivity index (χ1v) is 6.41. The van der Waals surface area contributed by atoms with Gasteiger partial charge in [-0.1, -0.05) is 20.8 Å². The molecule has 2 heterocycles. The molecular weight excluding hydrogens is 230 g/mol. The Morgan fingerprint density at radius 3 is 2.56 bits per heavy atom. The fraction of sp³-hybridized carbons (Fsp3) is 0.750. The number of aromatic amines is 1. The molecule has 1 aromatic rings. The minimum absolute atomic E-state index is 0.120. The molecule has 0 spiro atoms. The molecule has 3 rings (SSSR count). The number of carbonyl (C=O) groups excluding carboxylic acids is 1. The van der Waals surface area contributed by atoms with Gasteiger partial charge in [0.25, 0.3) is 5.91 Å². The summed E-state index contributed by atoms with van der Waals surface area (Å²) in [5, 5.41) is 13.1. The first-order chi connectivity index (χ1) is 8.47. The van der Waals surface area contributed by atoms with Crippen LogP contribution in [0.3, 0.4) is 0 Å². The van der Waals surface area contributed by atoms with Gasteiger partial charge >= 0.3 is 0 Å². The zero-order valence-corrected chi connectivity index (χ0v) is 10.9. The summed E-state index contributed by atoms with van der Waals surface area (Å²) in [6.07, 6.45) is 0. The number of rotatable bonds is 2. The second kappa shape index (κ2) is 3.78. The summed E-state index contributed by atoms with van der Waals surface area (Å²) in [4.78, 5) is 16.3. The fourth-order valence-corrected chi connectivity index (χ4v) is 2.55. The zero-order chi connectivity index (χ0) is 12.9. The Kier molecular flexibility index (Phi) is 2.45. The molecule has 98 valence electrons. The van der Waals surface area contributed by atoms with Gasteiger partial charge in [-0.15, -0.1) is 5.10 Å². The fourth-order valence-electron chi connectivity index (χ4n) is 2.55. The number of hydrogen-bond donors (Lipinski definition) is 3. The number of hydrogen-bond acceptors (Lipinski definition) is 4. The summed E-state index contributed by atoms with van der Waals surface area (Å²) < 4.78 is 0. The Bertz CT molecular complexity index is 465. The highest BCUT2D eigenvalue weighted by Crippen LogP contribution is 2.41. The molecule has 18 heavy (non-hydrogen) atoms. The number of carbonyl (C=O) groups is 1. The summed E-state index contributed by atoms with van der Waals surface area (Å²) in [5.41, 5.74) is -0.120. The van der Waals surface area contributed by atoms with Crippen molar-refractivity contribution in [3.05, 3.63) is 11.6 Å². The normalized spacial score (nSPS) is 30.1. The van der Waals surface area contributed by atoms with E-state index in [1.54, 1.807) is 0 Å². The van der Waals surface area contributed by atoms with Crippen LogP contribution >= 0.6 is 0 Å². The van der Waals surface area contributed by atoms with E-state index in [9.17, 15) is 4.79 Å². The maximum absolute atomic E-state index is 12.0. The number of H-pyrrole nitrogens is 1. The molecule has 0 aromatic carbocycles. The van der Waals surface area contributed by atoms with Crippen molar-refractivity contribution in [2.24, 2.45) is 11.8 Å². The van der Waals surface area contributed by atoms with Gasteiger partial charge in [0, 0.05) is 24.5 Å². The molecule has 2 aliphatic rings. The summed E-state index contributed by atoms with van der Waals surface area (Å²) in [7, 11) is 0. The van der Waals surface area contributed by atoms with Crippen LogP contribution in [-0.2, 0) is 5.41 Å². The van der Waals surface area contributed by atoms with Crippen molar-refractivity contribution in [2.45, 2.75) is 32.2 Å². The van der Waals surface area contributed by atoms with Crippen molar-refractivity contribution < 1.29 is 4.79 Å². The van der Waals surface area contributed by atoms with Crippen LogP contribution in [0.4, 0.5) is 0 Å². The van der Waals surface area contributed by atoms with Crippen LogP contribution in [0.1, 0.15) is 37.2 Å². The van der Waals surface area contributed by atoms with Gasteiger partial charge in [-0.2, -0.15) is 0 Å². The maximum Gasteiger partial charge on any atom is 0.291 e. The molecule has 3 N–H and O–H groups in total. The highest BCUT2D eigenvalue weighted by atomic mass is 16.2. The first kappa shape index (κ1) is 11.6. The van der Waals surface area contributed by atoms with Crippen LogP contribution in [0.2, 0.25) is 0 Å². The molecule has 1 saturated heterocycles. The second-order valence-electron chi connectivity index (χ2n) is 6.24. The lowest BCUT2D eigenvalue weighted by Gasteiger charge is -2.12. The lowest BCUT2D eigenvalue weighted by molar-refractivity contribution is 0.0936. The van der Waals surface area contributed by atoms with Crippen LogP contribution in [0.25, 0.3) is 0 Å². The molecule has 1 aliphatic heterocycles. The van der Waals surface area contributed by atoms with Gasteiger partial charge < -0.3 is 10.6 Å². The van der Waals surface area contributed by atoms with E-state index in [0.717, 1.165) is 18.9 Å². The van der Waals surface area contributed by atoms with Crippen molar-refractivity contribution >= 4 is 5.91 Å². The van der Waals surface area contributed by atoms with E-state index in [1.807, 2.05) is 20.8 Å². The van der Waals surface area contributed by atoms with E-state index in [4.69, 9.17) is 0 Å². The topological polar surface area (TPSA) is 82.7 Å². The molecule has 0 radical (unpaired) electrons. The minimum atomic E-state index is -0.166. The third-order valence-electron chi connectivity index (χ3n) is 3.79. The van der Waals surface area contributed by atoms with Gasteiger partial charge in [-0.3, -0.25) is 9.89 Å². The van der Waals surface area contributed by atoms with E-state index >= 15 is 0 Å². The van der Waals surface area contributed by atoms with Gasteiger partial charge in [-0.25, -0.2) is 4.98 Å². The molecular formula is C12H19N5O. The van der Waals surface area contributed by atoms with E-state index in [0.29, 0.717) is 17.9 Å². The quantitative estimate of drug-likeness (QED) is 0.691. The molecule has 1 amide bonds. The van der Waals surface area contributed by atoms with Crippen LogP contribution < -0.4 is 10.6 Å². The summed E-state index contributed by atoms with van der Waals surface area (Å²) in [6.45, 7) is 8.12. The Morgan fingerprint density at radius 1 is 1.33 bits per heavy atom. The second-order valence-corrected chi connectivity index (χ2v) is 6.24. The molecule has 2 atom stereocenters. The predicted octanol–water partition coefficient (Wildman–Crippen LogP) is 0.0498. The number of nitrogens with one attached hydrogen (secondary N) is 3. The van der Waals surface area contributed by atoms with Gasteiger partial charge in [0.05, 0.1) is 0 Å². The zero-order valence-electron chi connectivity index (χ0n) is 10.9. The molecule has 6 nitrogen and oxygen atoms in total.